The van der Waals surface area contributed by atoms with Gasteiger partial charge in [0.2, 0.25) is 10.0 Å². The van der Waals surface area contributed by atoms with E-state index in [2.05, 4.69) is 19.7 Å². The number of imidazole rings is 1. The molecule has 0 saturated heterocycles. The van der Waals surface area contributed by atoms with Gasteiger partial charge in [-0.3, -0.25) is 0 Å². The summed E-state index contributed by atoms with van der Waals surface area (Å²) in [5, 5.41) is 10.1. The van der Waals surface area contributed by atoms with Gasteiger partial charge in [-0.05, 0) is 50.1 Å². The third kappa shape index (κ3) is 3.55. The van der Waals surface area contributed by atoms with Gasteiger partial charge >= 0.3 is 6.61 Å². The first-order valence-electron chi connectivity index (χ1n) is 11.2. The van der Waals surface area contributed by atoms with Gasteiger partial charge < -0.3 is 14.4 Å². The number of fused-ring (bicyclic) bond motifs is 9. The Balaban J connectivity index is 1.53. The highest BCUT2D eigenvalue weighted by Gasteiger charge is 2.44. The zero-order valence-electron chi connectivity index (χ0n) is 19.2. The first-order chi connectivity index (χ1) is 17.0. The second-order valence-corrected chi connectivity index (χ2v) is 11.1. The van der Waals surface area contributed by atoms with Crippen LogP contribution in [-0.4, -0.2) is 39.7 Å². The molecule has 0 saturated carbocycles. The Kier molecular flexibility index (Phi) is 4.95. The minimum Gasteiger partial charge on any atom is -0.434 e. The van der Waals surface area contributed by atoms with E-state index < -0.39 is 34.3 Å². The molecule has 2 atom stereocenters. The Hall–Kier alpha value is -3.48. The number of hydrogen-bond acceptors (Lipinski definition) is 7. The number of rotatable bonds is 4. The molecule has 0 spiro atoms. The predicted molar refractivity (Wildman–Crippen MR) is 125 cm³/mol. The molecule has 6 rings (SSSR count). The molecule has 12 heteroatoms. The summed E-state index contributed by atoms with van der Waals surface area (Å²) in [4.78, 5) is 13.1. The van der Waals surface area contributed by atoms with Crippen molar-refractivity contribution in [2.75, 3.05) is 0 Å². The van der Waals surface area contributed by atoms with Crippen molar-refractivity contribution in [3.63, 3.8) is 0 Å². The molecule has 0 aliphatic carbocycles. The lowest BCUT2D eigenvalue weighted by molar-refractivity contribution is -0.0508. The SMILES string of the molecule is CC(C)(O)c1ncc(-c2ccc3nc4n(c3c2)[C@@H]2C[C@H]4NS(=O)(=O)c3cccc(OC(F)F)c32)cn1. The van der Waals surface area contributed by atoms with Gasteiger partial charge in [0.25, 0.3) is 0 Å². The second kappa shape index (κ2) is 7.76. The van der Waals surface area contributed by atoms with E-state index in [0.717, 1.165) is 5.56 Å². The molecule has 2 aliphatic heterocycles. The summed E-state index contributed by atoms with van der Waals surface area (Å²) in [5.41, 5.74) is 1.83. The predicted octanol–water partition coefficient (Wildman–Crippen LogP) is 3.65. The highest BCUT2D eigenvalue weighted by atomic mass is 32.2. The van der Waals surface area contributed by atoms with Crippen LogP contribution in [-0.2, 0) is 15.6 Å². The molecule has 2 bridgehead atoms. The first kappa shape index (κ1) is 23.0. The fourth-order valence-electron chi connectivity index (χ4n) is 4.98. The minimum absolute atomic E-state index is 0.0904. The number of halogens is 2. The van der Waals surface area contributed by atoms with Crippen molar-refractivity contribution in [2.45, 2.75) is 49.5 Å². The quantitative estimate of drug-likeness (QED) is 0.428. The van der Waals surface area contributed by atoms with E-state index in [1.54, 1.807) is 26.2 Å². The summed E-state index contributed by atoms with van der Waals surface area (Å²) < 4.78 is 61.9. The Morgan fingerprint density at radius 1 is 1.17 bits per heavy atom. The lowest BCUT2D eigenvalue weighted by Gasteiger charge is -2.21. The van der Waals surface area contributed by atoms with E-state index in [4.69, 9.17) is 4.74 Å². The van der Waals surface area contributed by atoms with Crippen molar-refractivity contribution in [3.05, 3.63) is 66.0 Å². The molecule has 2 aromatic carbocycles. The average Bonchev–Trinajstić information content (AvgIpc) is 3.31. The Labute approximate surface area is 204 Å². The van der Waals surface area contributed by atoms with Crippen molar-refractivity contribution >= 4 is 21.1 Å². The van der Waals surface area contributed by atoms with E-state index in [0.29, 0.717) is 28.8 Å². The van der Waals surface area contributed by atoms with Crippen LogP contribution in [0.2, 0.25) is 0 Å². The topological polar surface area (TPSA) is 119 Å². The van der Waals surface area contributed by atoms with Gasteiger partial charge in [0.05, 0.1) is 28.0 Å². The number of alkyl halides is 2. The van der Waals surface area contributed by atoms with Crippen LogP contribution in [0.25, 0.3) is 22.2 Å². The molecule has 0 amide bonds. The molecule has 2 aliphatic rings. The molecular formula is C24H21F2N5O4S. The molecule has 2 aromatic heterocycles. The molecule has 4 aromatic rings. The monoisotopic (exact) mass is 513 g/mol. The van der Waals surface area contributed by atoms with Crippen LogP contribution >= 0.6 is 0 Å². The summed E-state index contributed by atoms with van der Waals surface area (Å²) in [6, 6.07) is 8.45. The molecule has 4 heterocycles. The lowest BCUT2D eigenvalue weighted by Crippen LogP contribution is -2.28. The van der Waals surface area contributed by atoms with E-state index >= 15 is 0 Å². The fourth-order valence-corrected chi connectivity index (χ4v) is 6.46. The third-order valence-electron chi connectivity index (χ3n) is 6.49. The normalized spacial score (nSPS) is 20.3. The van der Waals surface area contributed by atoms with E-state index in [9.17, 15) is 22.3 Å². The number of aromatic nitrogens is 4. The summed E-state index contributed by atoms with van der Waals surface area (Å²) >= 11 is 0. The highest BCUT2D eigenvalue weighted by molar-refractivity contribution is 7.89. The van der Waals surface area contributed by atoms with Gasteiger partial charge in [0.1, 0.15) is 17.2 Å². The summed E-state index contributed by atoms with van der Waals surface area (Å²) in [5.74, 6) is 0.611. The van der Waals surface area contributed by atoms with Gasteiger partial charge in [-0.25, -0.2) is 28.1 Å². The molecule has 0 radical (unpaired) electrons. The van der Waals surface area contributed by atoms with Crippen molar-refractivity contribution in [1.29, 1.82) is 0 Å². The molecule has 186 valence electrons. The van der Waals surface area contributed by atoms with Crippen molar-refractivity contribution in [1.82, 2.24) is 24.2 Å². The van der Waals surface area contributed by atoms with Gasteiger partial charge in [0.15, 0.2) is 5.82 Å². The molecular weight excluding hydrogens is 492 g/mol. The Morgan fingerprint density at radius 3 is 2.61 bits per heavy atom. The van der Waals surface area contributed by atoms with Crippen molar-refractivity contribution < 1.29 is 27.0 Å². The van der Waals surface area contributed by atoms with E-state index in [1.807, 2.05) is 22.8 Å². The van der Waals surface area contributed by atoms with Crippen LogP contribution in [0, 0.1) is 0 Å². The molecule has 0 fully saturated rings. The zero-order chi connectivity index (χ0) is 25.4. The van der Waals surface area contributed by atoms with Gasteiger partial charge in [-0.15, -0.1) is 0 Å². The van der Waals surface area contributed by atoms with Crippen LogP contribution in [0.15, 0.2) is 53.7 Å². The molecule has 9 nitrogen and oxygen atoms in total. The largest absolute Gasteiger partial charge is 0.434 e. The van der Waals surface area contributed by atoms with Gasteiger partial charge in [-0.1, -0.05) is 12.1 Å². The van der Waals surface area contributed by atoms with Crippen molar-refractivity contribution in [2.24, 2.45) is 0 Å². The van der Waals surface area contributed by atoms with Crippen LogP contribution in [0.1, 0.15) is 49.6 Å². The summed E-state index contributed by atoms with van der Waals surface area (Å²) in [6.45, 7) is 0.0926. The molecule has 2 N–H and O–H groups in total. The number of aliphatic hydroxyl groups is 1. The van der Waals surface area contributed by atoms with Crippen molar-refractivity contribution in [3.8, 4) is 16.9 Å². The summed E-state index contributed by atoms with van der Waals surface area (Å²) in [7, 11) is -3.98. The smallest absolute Gasteiger partial charge is 0.387 e. The molecule has 0 unspecified atom stereocenters. The number of ether oxygens (including phenoxy) is 1. The van der Waals surface area contributed by atoms with Crippen LogP contribution in [0.3, 0.4) is 0 Å². The van der Waals surface area contributed by atoms with Gasteiger partial charge in [-0.2, -0.15) is 8.78 Å². The van der Waals surface area contributed by atoms with E-state index in [1.165, 1.54) is 18.2 Å². The van der Waals surface area contributed by atoms with E-state index in [-0.39, 0.29) is 22.0 Å². The Morgan fingerprint density at radius 2 is 1.92 bits per heavy atom. The maximum atomic E-state index is 13.2. The second-order valence-electron chi connectivity index (χ2n) is 9.37. The number of nitrogens with zero attached hydrogens (tertiary/aromatic N) is 4. The third-order valence-corrected chi connectivity index (χ3v) is 8.02. The van der Waals surface area contributed by atoms with Crippen LogP contribution in [0.4, 0.5) is 8.78 Å². The minimum atomic E-state index is -3.98. The molecule has 36 heavy (non-hydrogen) atoms. The maximum absolute atomic E-state index is 13.2. The fraction of sp³-hybridized carbons (Fsp3) is 0.292. The van der Waals surface area contributed by atoms with Crippen LogP contribution < -0.4 is 9.46 Å². The maximum Gasteiger partial charge on any atom is 0.387 e. The number of sulfonamides is 1. The first-order valence-corrected chi connectivity index (χ1v) is 12.7. The standard InChI is InChI=1S/C24H21F2N5O4S/c1-24(2,32)22-27-10-13(11-28-22)12-6-7-14-16(8-12)31-17-9-15(21(31)29-14)30-36(33,34)19-5-3-4-18(20(17)19)35-23(25)26/h3-8,10-11,15,17,23,30,32H,9H2,1-2H3/t15-,17-/m1/s1. The number of hydrogen-bond donors (Lipinski definition) is 2. The number of nitrogens with one attached hydrogen (secondary N) is 1. The number of benzene rings is 2. The van der Waals surface area contributed by atoms with Gasteiger partial charge in [0, 0.05) is 23.5 Å². The lowest BCUT2D eigenvalue weighted by atomic mass is 10.0. The summed E-state index contributed by atoms with van der Waals surface area (Å²) in [6.07, 6.45) is 3.54. The average molecular weight is 514 g/mol. The Bertz CT molecular complexity index is 1610. The van der Waals surface area contributed by atoms with Crippen LogP contribution in [0.5, 0.6) is 5.75 Å². The zero-order valence-corrected chi connectivity index (χ0v) is 20.0. The highest BCUT2D eigenvalue weighted by Crippen LogP contribution is 2.49.